The molecule has 3 rings (SSSR count). The number of benzene rings is 2. The predicted molar refractivity (Wildman–Crippen MR) is 117 cm³/mol. The number of nitro benzene ring substituents is 1. The molecule has 30 heavy (non-hydrogen) atoms. The van der Waals surface area contributed by atoms with E-state index in [9.17, 15) is 14.9 Å². The van der Waals surface area contributed by atoms with Crippen LogP contribution in [0.2, 0.25) is 5.02 Å². The third kappa shape index (κ3) is 5.71. The molecule has 12 heteroatoms. The van der Waals surface area contributed by atoms with Crippen LogP contribution in [0.15, 0.2) is 52.1 Å². The maximum absolute atomic E-state index is 12.2. The van der Waals surface area contributed by atoms with Gasteiger partial charge in [0.1, 0.15) is 17.4 Å². The number of hydrogen-bond acceptors (Lipinski definition) is 7. The summed E-state index contributed by atoms with van der Waals surface area (Å²) in [7, 11) is 1.78. The molecule has 0 saturated carbocycles. The van der Waals surface area contributed by atoms with Crippen molar-refractivity contribution in [2.24, 2.45) is 7.05 Å². The zero-order valence-electron chi connectivity index (χ0n) is 15.5. The van der Waals surface area contributed by atoms with Gasteiger partial charge in [0.15, 0.2) is 11.0 Å². The van der Waals surface area contributed by atoms with Crippen molar-refractivity contribution in [1.29, 1.82) is 0 Å². The maximum atomic E-state index is 12.2. The number of ether oxygens (including phenoxy) is 1. The maximum Gasteiger partial charge on any atom is 0.289 e. The van der Waals surface area contributed by atoms with E-state index in [1.54, 1.807) is 11.6 Å². The van der Waals surface area contributed by atoms with Gasteiger partial charge >= 0.3 is 0 Å². The number of carbonyl (C=O) groups is 1. The summed E-state index contributed by atoms with van der Waals surface area (Å²) in [5.74, 6) is 1.02. The van der Waals surface area contributed by atoms with Crippen LogP contribution in [0.1, 0.15) is 5.82 Å². The van der Waals surface area contributed by atoms with Gasteiger partial charge in [0, 0.05) is 23.3 Å². The minimum absolute atomic E-state index is 0.00402. The molecule has 9 nitrogen and oxygen atoms in total. The number of aromatic nitrogens is 3. The summed E-state index contributed by atoms with van der Waals surface area (Å²) in [6.07, 6.45) is 0. The molecule has 2 aromatic carbocycles. The Kier molecular flexibility index (Phi) is 7.29. The molecule has 1 heterocycles. The molecule has 1 amide bonds. The van der Waals surface area contributed by atoms with Crippen molar-refractivity contribution in [2.75, 3.05) is 11.1 Å². The van der Waals surface area contributed by atoms with Crippen molar-refractivity contribution in [3.8, 4) is 5.75 Å². The highest BCUT2D eigenvalue weighted by Gasteiger charge is 2.15. The molecule has 156 valence electrons. The molecule has 0 aliphatic heterocycles. The summed E-state index contributed by atoms with van der Waals surface area (Å²) in [6, 6.07) is 11.5. The lowest BCUT2D eigenvalue weighted by Gasteiger charge is -2.07. The number of thioether (sulfide) groups is 1. The monoisotopic (exact) mass is 511 g/mol. The highest BCUT2D eigenvalue weighted by molar-refractivity contribution is 9.10. The Morgan fingerprint density at radius 2 is 2.03 bits per heavy atom. The summed E-state index contributed by atoms with van der Waals surface area (Å²) >= 11 is 10.3. The fourth-order valence-corrected chi connectivity index (χ4v) is 3.51. The van der Waals surface area contributed by atoms with E-state index in [2.05, 4.69) is 31.4 Å². The third-order valence-electron chi connectivity index (χ3n) is 3.87. The van der Waals surface area contributed by atoms with Crippen molar-refractivity contribution in [3.05, 3.63) is 67.9 Å². The van der Waals surface area contributed by atoms with Crippen LogP contribution in [0.5, 0.6) is 5.75 Å². The van der Waals surface area contributed by atoms with Crippen molar-refractivity contribution < 1.29 is 14.5 Å². The van der Waals surface area contributed by atoms with Gasteiger partial charge in [0.05, 0.1) is 10.7 Å². The molecular weight excluding hydrogens is 498 g/mol. The van der Waals surface area contributed by atoms with Crippen LogP contribution in [0.3, 0.4) is 0 Å². The van der Waals surface area contributed by atoms with Crippen LogP contribution >= 0.6 is 39.3 Å². The number of nitro groups is 1. The first kappa shape index (κ1) is 22.1. The summed E-state index contributed by atoms with van der Waals surface area (Å²) in [4.78, 5) is 22.5. The second-order valence-electron chi connectivity index (χ2n) is 5.96. The van der Waals surface area contributed by atoms with E-state index in [1.807, 2.05) is 24.3 Å². The normalized spacial score (nSPS) is 10.6. The van der Waals surface area contributed by atoms with Gasteiger partial charge < -0.3 is 14.6 Å². The molecule has 0 atom stereocenters. The minimum Gasteiger partial charge on any atom is -0.486 e. The summed E-state index contributed by atoms with van der Waals surface area (Å²) in [5, 5.41) is 22.3. The smallest absolute Gasteiger partial charge is 0.289 e. The predicted octanol–water partition coefficient (Wildman–Crippen LogP) is 4.45. The largest absolute Gasteiger partial charge is 0.486 e. The van der Waals surface area contributed by atoms with Crippen LogP contribution in [0, 0.1) is 10.1 Å². The van der Waals surface area contributed by atoms with Crippen molar-refractivity contribution >= 4 is 56.6 Å². The van der Waals surface area contributed by atoms with Crippen LogP contribution in [-0.2, 0) is 18.4 Å². The van der Waals surface area contributed by atoms with Gasteiger partial charge in [-0.2, -0.15) is 0 Å². The Balaban J connectivity index is 1.54. The zero-order valence-corrected chi connectivity index (χ0v) is 18.7. The lowest BCUT2D eigenvalue weighted by molar-refractivity contribution is -0.384. The second-order valence-corrected chi connectivity index (χ2v) is 8.23. The number of nitrogens with zero attached hydrogens (tertiary/aromatic N) is 4. The highest BCUT2D eigenvalue weighted by atomic mass is 79.9. The quantitative estimate of drug-likeness (QED) is 0.269. The first-order valence-corrected chi connectivity index (χ1v) is 10.6. The lowest BCUT2D eigenvalue weighted by Crippen LogP contribution is -2.14. The van der Waals surface area contributed by atoms with E-state index in [0.29, 0.717) is 22.4 Å². The molecule has 3 aromatic rings. The zero-order chi connectivity index (χ0) is 21.7. The van der Waals surface area contributed by atoms with Crippen molar-refractivity contribution in [1.82, 2.24) is 14.8 Å². The Hall–Kier alpha value is -2.63. The molecule has 0 spiro atoms. The van der Waals surface area contributed by atoms with Gasteiger partial charge in [-0.25, -0.2) is 0 Å². The van der Waals surface area contributed by atoms with E-state index < -0.39 is 4.92 Å². The van der Waals surface area contributed by atoms with Gasteiger partial charge in [-0.1, -0.05) is 39.3 Å². The lowest BCUT2D eigenvalue weighted by atomic mass is 10.3. The number of carbonyl (C=O) groups excluding carboxylic acids is 1. The van der Waals surface area contributed by atoms with Crippen molar-refractivity contribution in [2.45, 2.75) is 11.8 Å². The Morgan fingerprint density at radius 1 is 1.30 bits per heavy atom. The molecule has 1 N–H and O–H groups in total. The van der Waals surface area contributed by atoms with Gasteiger partial charge in [0.2, 0.25) is 5.91 Å². The first-order chi connectivity index (χ1) is 14.3. The SMILES string of the molecule is Cn1c(COc2ccc(Br)cc2)nnc1SCC(=O)Nc1ccc(Cl)c([N+](=O)[O-])c1. The molecular formula is C18H15BrClN5O4S. The fourth-order valence-electron chi connectivity index (χ4n) is 2.33. The average Bonchev–Trinajstić information content (AvgIpc) is 3.07. The van der Waals surface area contributed by atoms with E-state index >= 15 is 0 Å². The van der Waals surface area contributed by atoms with Gasteiger partial charge in [-0.3, -0.25) is 14.9 Å². The minimum atomic E-state index is -0.607. The molecule has 0 unspecified atom stereocenters. The standard InChI is InChI=1S/C18H15BrClN5O4S/c1-24-16(9-29-13-5-2-11(19)3-6-13)22-23-18(24)30-10-17(26)21-12-4-7-14(20)15(8-12)25(27)28/h2-8H,9-10H2,1H3,(H,21,26). The van der Waals surface area contributed by atoms with Gasteiger partial charge in [-0.15, -0.1) is 10.2 Å². The number of rotatable bonds is 8. The molecule has 0 fully saturated rings. The molecule has 1 aromatic heterocycles. The number of hydrogen-bond donors (Lipinski definition) is 1. The summed E-state index contributed by atoms with van der Waals surface area (Å²) in [6.45, 7) is 0.229. The van der Waals surface area contributed by atoms with E-state index in [4.69, 9.17) is 16.3 Å². The number of anilines is 1. The summed E-state index contributed by atoms with van der Waals surface area (Å²) in [5.41, 5.74) is 0.0177. The number of amides is 1. The van der Waals surface area contributed by atoms with Crippen molar-refractivity contribution in [3.63, 3.8) is 0 Å². The molecule has 0 aliphatic rings. The third-order valence-corrected chi connectivity index (χ3v) is 5.73. The highest BCUT2D eigenvalue weighted by Crippen LogP contribution is 2.27. The second kappa shape index (κ2) is 9.92. The first-order valence-electron chi connectivity index (χ1n) is 8.46. The molecule has 0 aliphatic carbocycles. The molecule has 0 saturated heterocycles. The van der Waals surface area contributed by atoms with Crippen LogP contribution in [0.25, 0.3) is 0 Å². The number of halogens is 2. The Bertz CT molecular complexity index is 1080. The van der Waals surface area contributed by atoms with Gasteiger partial charge in [-0.05, 0) is 36.4 Å². The van der Waals surface area contributed by atoms with Crippen LogP contribution in [-0.4, -0.2) is 31.3 Å². The molecule has 0 bridgehead atoms. The Morgan fingerprint density at radius 3 is 2.73 bits per heavy atom. The van der Waals surface area contributed by atoms with E-state index in [-0.39, 0.29) is 29.0 Å². The van der Waals surface area contributed by atoms with Crippen LogP contribution in [0.4, 0.5) is 11.4 Å². The van der Waals surface area contributed by atoms with E-state index in [0.717, 1.165) is 4.47 Å². The van der Waals surface area contributed by atoms with E-state index in [1.165, 1.54) is 30.0 Å². The average molecular weight is 513 g/mol. The fraction of sp³-hybridized carbons (Fsp3) is 0.167. The molecule has 0 radical (unpaired) electrons. The van der Waals surface area contributed by atoms with Crippen LogP contribution < -0.4 is 10.1 Å². The Labute approximate surface area is 189 Å². The topological polar surface area (TPSA) is 112 Å². The number of nitrogens with one attached hydrogen (secondary N) is 1. The summed E-state index contributed by atoms with van der Waals surface area (Å²) < 4.78 is 8.38. The van der Waals surface area contributed by atoms with Gasteiger partial charge in [0.25, 0.3) is 5.69 Å².